The van der Waals surface area contributed by atoms with Crippen LogP contribution in [-0.4, -0.2) is 42.3 Å². The van der Waals surface area contributed by atoms with Crippen LogP contribution in [0.5, 0.6) is 0 Å². The van der Waals surface area contributed by atoms with Crippen LogP contribution in [0.25, 0.3) is 0 Å². The van der Waals surface area contributed by atoms with Crippen LogP contribution < -0.4 is 10.6 Å². The molecule has 1 aromatic carbocycles. The number of hydrogen-bond acceptors (Lipinski definition) is 3. The summed E-state index contributed by atoms with van der Waals surface area (Å²) in [6, 6.07) is 8.02. The lowest BCUT2D eigenvalue weighted by Crippen LogP contribution is -2.37. The second-order valence-corrected chi connectivity index (χ2v) is 6.06. The molecular weight excluding hydrogens is 278 g/mol. The zero-order valence-corrected chi connectivity index (χ0v) is 13.3. The van der Waals surface area contributed by atoms with Gasteiger partial charge in [0.2, 0.25) is 0 Å². The molecule has 22 heavy (non-hydrogen) atoms. The van der Waals surface area contributed by atoms with Gasteiger partial charge in [-0.2, -0.15) is 0 Å². The number of piperidine rings is 1. The Hall–Kier alpha value is -1.59. The molecule has 1 aromatic rings. The fourth-order valence-electron chi connectivity index (χ4n) is 2.75. The summed E-state index contributed by atoms with van der Waals surface area (Å²) in [6.07, 6.45) is 2.54. The number of rotatable bonds is 6. The molecule has 0 atom stereocenters. The van der Waals surface area contributed by atoms with Gasteiger partial charge < -0.3 is 15.7 Å². The fourth-order valence-corrected chi connectivity index (χ4v) is 2.75. The van der Waals surface area contributed by atoms with Gasteiger partial charge in [0.05, 0.1) is 6.61 Å². The maximum Gasteiger partial charge on any atom is 0.315 e. The number of likely N-dealkylation sites (tertiary alicyclic amines) is 1. The molecule has 2 amide bonds. The minimum Gasteiger partial charge on any atom is -0.395 e. The van der Waals surface area contributed by atoms with Gasteiger partial charge in [-0.25, -0.2) is 4.79 Å². The molecule has 0 bridgehead atoms. The van der Waals surface area contributed by atoms with Crippen molar-refractivity contribution in [2.24, 2.45) is 5.92 Å². The minimum atomic E-state index is -0.240. The molecule has 1 aliphatic heterocycles. The summed E-state index contributed by atoms with van der Waals surface area (Å²) in [5.41, 5.74) is 2.43. The van der Waals surface area contributed by atoms with Crippen LogP contribution in [0.15, 0.2) is 24.3 Å². The van der Waals surface area contributed by atoms with E-state index in [2.05, 4.69) is 40.7 Å². The van der Waals surface area contributed by atoms with Gasteiger partial charge in [-0.3, -0.25) is 4.90 Å². The first-order valence-corrected chi connectivity index (χ1v) is 8.10. The van der Waals surface area contributed by atoms with Gasteiger partial charge >= 0.3 is 6.03 Å². The van der Waals surface area contributed by atoms with Gasteiger partial charge in [-0.15, -0.1) is 0 Å². The van der Waals surface area contributed by atoms with E-state index in [9.17, 15) is 4.79 Å². The van der Waals surface area contributed by atoms with Gasteiger partial charge in [-0.1, -0.05) is 31.2 Å². The highest BCUT2D eigenvalue weighted by Crippen LogP contribution is 2.19. The highest BCUT2D eigenvalue weighted by Gasteiger charge is 2.16. The van der Waals surface area contributed by atoms with Crippen molar-refractivity contribution in [3.63, 3.8) is 0 Å². The number of hydrogen-bond donors (Lipinski definition) is 3. The molecule has 0 saturated carbocycles. The number of carbonyl (C=O) groups is 1. The normalized spacial score (nSPS) is 16.5. The molecule has 0 radical (unpaired) electrons. The Labute approximate surface area is 132 Å². The number of urea groups is 1. The summed E-state index contributed by atoms with van der Waals surface area (Å²) in [4.78, 5) is 14.1. The highest BCUT2D eigenvalue weighted by molar-refractivity contribution is 5.73. The Balaban J connectivity index is 1.88. The lowest BCUT2D eigenvalue weighted by atomic mass is 9.98. The standard InChI is InChI=1S/C17H27N3O2/c1-14-6-9-20(10-7-14)13-16-5-3-2-4-15(16)12-19-17(22)18-8-11-21/h2-5,14,21H,6-13H2,1H3,(H2,18,19,22). The molecule has 1 fully saturated rings. The monoisotopic (exact) mass is 305 g/mol. The van der Waals surface area contributed by atoms with Crippen molar-refractivity contribution in [2.75, 3.05) is 26.2 Å². The fraction of sp³-hybridized carbons (Fsp3) is 0.588. The maximum absolute atomic E-state index is 11.6. The number of amides is 2. The average Bonchev–Trinajstić information content (AvgIpc) is 2.54. The predicted molar refractivity (Wildman–Crippen MR) is 87.4 cm³/mol. The number of carbonyl (C=O) groups excluding carboxylic acids is 1. The average molecular weight is 305 g/mol. The summed E-state index contributed by atoms with van der Waals surface area (Å²) < 4.78 is 0. The summed E-state index contributed by atoms with van der Waals surface area (Å²) >= 11 is 0. The van der Waals surface area contributed by atoms with Crippen LogP contribution in [0, 0.1) is 5.92 Å². The quantitative estimate of drug-likeness (QED) is 0.750. The molecule has 2 rings (SSSR count). The molecule has 5 heteroatoms. The Morgan fingerprint density at radius 1 is 1.23 bits per heavy atom. The lowest BCUT2D eigenvalue weighted by molar-refractivity contribution is 0.185. The first-order chi connectivity index (χ1) is 10.7. The molecule has 1 aliphatic rings. The predicted octanol–water partition coefficient (Wildman–Crippen LogP) is 1.71. The van der Waals surface area contributed by atoms with E-state index in [-0.39, 0.29) is 19.2 Å². The van der Waals surface area contributed by atoms with E-state index in [1.807, 2.05) is 6.07 Å². The lowest BCUT2D eigenvalue weighted by Gasteiger charge is -2.30. The Morgan fingerprint density at radius 2 is 1.91 bits per heavy atom. The van der Waals surface area contributed by atoms with Crippen molar-refractivity contribution in [3.05, 3.63) is 35.4 Å². The Kier molecular flexibility index (Phi) is 6.68. The molecule has 1 saturated heterocycles. The van der Waals surface area contributed by atoms with E-state index in [1.54, 1.807) is 0 Å². The van der Waals surface area contributed by atoms with Gasteiger partial charge in [-0.05, 0) is 43.0 Å². The molecule has 1 heterocycles. The van der Waals surface area contributed by atoms with Crippen molar-refractivity contribution < 1.29 is 9.90 Å². The van der Waals surface area contributed by atoms with E-state index in [0.717, 1.165) is 31.1 Å². The zero-order chi connectivity index (χ0) is 15.8. The molecule has 0 spiro atoms. The van der Waals surface area contributed by atoms with Crippen LogP contribution in [-0.2, 0) is 13.1 Å². The largest absolute Gasteiger partial charge is 0.395 e. The smallest absolute Gasteiger partial charge is 0.315 e. The van der Waals surface area contributed by atoms with Crippen molar-refractivity contribution in [3.8, 4) is 0 Å². The molecule has 5 nitrogen and oxygen atoms in total. The number of nitrogens with zero attached hydrogens (tertiary/aromatic N) is 1. The maximum atomic E-state index is 11.6. The molecule has 122 valence electrons. The summed E-state index contributed by atoms with van der Waals surface area (Å²) in [5.74, 6) is 0.836. The zero-order valence-electron chi connectivity index (χ0n) is 13.3. The van der Waals surface area contributed by atoms with Crippen LogP contribution in [0.2, 0.25) is 0 Å². The van der Waals surface area contributed by atoms with Gasteiger partial charge in [0.25, 0.3) is 0 Å². The van der Waals surface area contributed by atoms with Crippen molar-refractivity contribution >= 4 is 6.03 Å². The van der Waals surface area contributed by atoms with E-state index in [4.69, 9.17) is 5.11 Å². The second kappa shape index (κ2) is 8.76. The SMILES string of the molecule is CC1CCN(Cc2ccccc2CNC(=O)NCCO)CC1. The van der Waals surface area contributed by atoms with Crippen LogP contribution in [0.4, 0.5) is 4.79 Å². The van der Waals surface area contributed by atoms with Crippen LogP contribution in [0.1, 0.15) is 30.9 Å². The molecule has 3 N–H and O–H groups in total. The van der Waals surface area contributed by atoms with Gasteiger partial charge in [0.1, 0.15) is 0 Å². The number of aliphatic hydroxyl groups excluding tert-OH is 1. The molecular formula is C17H27N3O2. The summed E-state index contributed by atoms with van der Waals surface area (Å²) in [7, 11) is 0. The van der Waals surface area contributed by atoms with E-state index in [1.165, 1.54) is 18.4 Å². The van der Waals surface area contributed by atoms with Crippen LogP contribution in [0.3, 0.4) is 0 Å². The Morgan fingerprint density at radius 3 is 2.59 bits per heavy atom. The topological polar surface area (TPSA) is 64.6 Å². The van der Waals surface area contributed by atoms with Crippen molar-refractivity contribution in [2.45, 2.75) is 32.9 Å². The first-order valence-electron chi connectivity index (χ1n) is 8.10. The molecule has 0 unspecified atom stereocenters. The number of benzene rings is 1. The minimum absolute atomic E-state index is 0.0443. The third-order valence-electron chi connectivity index (χ3n) is 4.23. The van der Waals surface area contributed by atoms with Crippen molar-refractivity contribution in [1.29, 1.82) is 0 Å². The highest BCUT2D eigenvalue weighted by atomic mass is 16.3. The molecule has 0 aliphatic carbocycles. The first kappa shape index (κ1) is 16.8. The number of aliphatic hydroxyl groups is 1. The van der Waals surface area contributed by atoms with Crippen molar-refractivity contribution in [1.82, 2.24) is 15.5 Å². The third-order valence-corrected chi connectivity index (χ3v) is 4.23. The second-order valence-electron chi connectivity index (χ2n) is 6.06. The van der Waals surface area contributed by atoms with E-state index in [0.29, 0.717) is 6.54 Å². The van der Waals surface area contributed by atoms with E-state index >= 15 is 0 Å². The van der Waals surface area contributed by atoms with Gasteiger partial charge in [0, 0.05) is 19.6 Å². The third kappa shape index (κ3) is 5.31. The van der Waals surface area contributed by atoms with Gasteiger partial charge in [0.15, 0.2) is 0 Å². The Bertz CT molecular complexity index is 471. The summed E-state index contributed by atoms with van der Waals surface area (Å²) in [6.45, 7) is 6.32. The van der Waals surface area contributed by atoms with E-state index < -0.39 is 0 Å². The summed E-state index contributed by atoms with van der Waals surface area (Å²) in [5, 5.41) is 14.1. The number of nitrogens with one attached hydrogen (secondary N) is 2. The van der Waals surface area contributed by atoms with Crippen LogP contribution >= 0.6 is 0 Å². The molecule has 0 aromatic heterocycles.